The summed E-state index contributed by atoms with van der Waals surface area (Å²) in [6, 6.07) is 11.4. The fourth-order valence-corrected chi connectivity index (χ4v) is 10.9. The van der Waals surface area contributed by atoms with Crippen LogP contribution in [0.1, 0.15) is 144 Å². The number of likely N-dealkylation sites (N-methyl/N-ethyl adjacent to an activating group) is 2. The zero-order valence-electron chi connectivity index (χ0n) is 52.2. The van der Waals surface area contributed by atoms with Gasteiger partial charge in [0.05, 0.1) is 37.3 Å². The topological polar surface area (TPSA) is 282 Å². The van der Waals surface area contributed by atoms with E-state index in [1.165, 1.54) is 31.2 Å². The molecule has 22 heteroatoms. The number of benzene rings is 2. The van der Waals surface area contributed by atoms with Crippen LogP contribution in [0.2, 0.25) is 0 Å². The summed E-state index contributed by atoms with van der Waals surface area (Å²) in [4.78, 5) is 138. The maximum absolute atomic E-state index is 14.7. The molecule has 0 aliphatic carbocycles. The van der Waals surface area contributed by atoms with Crippen molar-refractivity contribution in [1.82, 2.24) is 40.9 Å². The third-order valence-corrected chi connectivity index (χ3v) is 16.1. The van der Waals surface area contributed by atoms with Gasteiger partial charge >= 0.3 is 6.09 Å². The number of anilines is 1. The predicted molar refractivity (Wildman–Crippen MR) is 321 cm³/mol. The lowest BCUT2D eigenvalue weighted by Crippen LogP contribution is -2.60. The number of rotatable bonds is 33. The lowest BCUT2D eigenvalue weighted by atomic mass is 9.89. The minimum absolute atomic E-state index is 0.0199. The third-order valence-electron chi connectivity index (χ3n) is 16.1. The standard InChI is InChI=1S/C63H95N9O13/c1-14-41(8)57(48(84-13)35-53(77)71-33-21-24-47(71)34-42(9)59(79)65-43(10)58(78)45-22-17-15-18-23-45)69(11)62(82)55(39(4)5)68-61(81)56(40(6)7)70(12)63(83)85-37-44-26-28-46(29-27-44)66-50(74)36-64-60(80)54(38(2)3)67-49(73)25-19-16-20-32-72-51(75)30-31-52(72)76/h15,17-18,22-23,26-31,38-43,47-48,54-58,78H,14,16,19-21,24-25,32-37H2,1-13H3,(H,64,80)(H,65,79)(H,66,74)(H,67,73)(H,68,81)/t41-,42+,43+,47-,48+,54?,55?,56?,57-,58+/m0/s1. The minimum Gasteiger partial charge on any atom is -0.445 e. The molecule has 2 aliphatic rings. The van der Waals surface area contributed by atoms with Gasteiger partial charge in [-0.1, -0.05) is 118 Å². The lowest BCUT2D eigenvalue weighted by Gasteiger charge is -2.40. The van der Waals surface area contributed by atoms with Crippen molar-refractivity contribution < 1.29 is 62.5 Å². The average molecular weight is 1190 g/mol. The Hall–Kier alpha value is -7.20. The maximum Gasteiger partial charge on any atom is 0.410 e. The highest BCUT2D eigenvalue weighted by molar-refractivity contribution is 6.12. The Labute approximate surface area is 502 Å². The van der Waals surface area contributed by atoms with Crippen molar-refractivity contribution in [3.63, 3.8) is 0 Å². The molecule has 1 fully saturated rings. The van der Waals surface area contributed by atoms with Crippen molar-refractivity contribution in [2.45, 2.75) is 182 Å². The van der Waals surface area contributed by atoms with Crippen LogP contribution in [0.15, 0.2) is 66.7 Å². The van der Waals surface area contributed by atoms with Crippen LogP contribution >= 0.6 is 0 Å². The first-order chi connectivity index (χ1) is 40.2. The van der Waals surface area contributed by atoms with Crippen LogP contribution < -0.4 is 26.6 Å². The molecule has 10 atom stereocenters. The summed E-state index contributed by atoms with van der Waals surface area (Å²) in [7, 11) is 4.63. The van der Waals surface area contributed by atoms with Crippen LogP contribution in [0.4, 0.5) is 10.5 Å². The van der Waals surface area contributed by atoms with E-state index in [4.69, 9.17) is 9.47 Å². The highest BCUT2D eigenvalue weighted by atomic mass is 16.6. The molecule has 0 spiro atoms. The molecule has 2 aromatic rings. The van der Waals surface area contributed by atoms with E-state index in [1.54, 1.807) is 70.8 Å². The van der Waals surface area contributed by atoms with Crippen molar-refractivity contribution in [2.24, 2.45) is 29.6 Å². The second-order valence-corrected chi connectivity index (χ2v) is 23.8. The first kappa shape index (κ1) is 70.3. The van der Waals surface area contributed by atoms with Crippen LogP contribution in [0.25, 0.3) is 0 Å². The average Bonchev–Trinajstić information content (AvgIpc) is 4.24. The molecular weight excluding hydrogens is 1090 g/mol. The number of imide groups is 1. The van der Waals surface area contributed by atoms with Gasteiger partial charge in [-0.05, 0) is 86.0 Å². The zero-order valence-corrected chi connectivity index (χ0v) is 52.2. The molecule has 2 aliphatic heterocycles. The number of ether oxygens (including phenoxy) is 2. The van der Waals surface area contributed by atoms with E-state index in [9.17, 15) is 53.1 Å². The molecule has 85 heavy (non-hydrogen) atoms. The van der Waals surface area contributed by atoms with Crippen LogP contribution in [0, 0.1) is 29.6 Å². The van der Waals surface area contributed by atoms with E-state index >= 15 is 0 Å². The Morgan fingerprint density at radius 3 is 1.95 bits per heavy atom. The van der Waals surface area contributed by atoms with Gasteiger partial charge in [-0.2, -0.15) is 0 Å². The van der Waals surface area contributed by atoms with Gasteiger partial charge in [-0.3, -0.25) is 53.0 Å². The monoisotopic (exact) mass is 1190 g/mol. The highest BCUT2D eigenvalue weighted by Crippen LogP contribution is 2.29. The second-order valence-electron chi connectivity index (χ2n) is 23.8. The number of amides is 10. The van der Waals surface area contributed by atoms with Crippen molar-refractivity contribution >= 4 is 64.9 Å². The number of nitrogens with zero attached hydrogens (tertiary/aromatic N) is 4. The minimum atomic E-state index is -1.04. The van der Waals surface area contributed by atoms with E-state index in [-0.39, 0.29) is 91.8 Å². The number of aliphatic hydroxyl groups is 1. The molecule has 4 rings (SSSR count). The normalized spacial score (nSPS) is 17.3. The first-order valence-corrected chi connectivity index (χ1v) is 30.0. The summed E-state index contributed by atoms with van der Waals surface area (Å²) in [5.41, 5.74) is 1.68. The van der Waals surface area contributed by atoms with E-state index in [0.29, 0.717) is 55.5 Å². The summed E-state index contributed by atoms with van der Waals surface area (Å²) >= 11 is 0. The van der Waals surface area contributed by atoms with Crippen LogP contribution in [0.3, 0.4) is 0 Å². The van der Waals surface area contributed by atoms with Crippen molar-refractivity contribution in [3.05, 3.63) is 77.9 Å². The zero-order chi connectivity index (χ0) is 63.2. The number of carbonyl (C=O) groups excluding carboxylic acids is 10. The number of likely N-dealkylation sites (tertiary alicyclic amines) is 1. The van der Waals surface area contributed by atoms with Crippen LogP contribution in [-0.4, -0.2) is 167 Å². The van der Waals surface area contributed by atoms with Crippen LogP contribution in [-0.2, 0) is 59.2 Å². The molecule has 0 aromatic heterocycles. The molecule has 0 radical (unpaired) electrons. The molecule has 0 bridgehead atoms. The van der Waals surface area contributed by atoms with E-state index < -0.39 is 78.1 Å². The molecule has 2 heterocycles. The van der Waals surface area contributed by atoms with Gasteiger partial charge in [0, 0.05) is 70.5 Å². The summed E-state index contributed by atoms with van der Waals surface area (Å²) in [5.74, 6) is -5.04. The van der Waals surface area contributed by atoms with Gasteiger partial charge in [0.2, 0.25) is 41.4 Å². The van der Waals surface area contributed by atoms with Gasteiger partial charge in [0.15, 0.2) is 0 Å². The fraction of sp³-hybridized carbons (Fsp3) is 0.619. The Bertz CT molecular complexity index is 2600. The van der Waals surface area contributed by atoms with Crippen molar-refractivity contribution in [2.75, 3.05) is 46.2 Å². The quantitative estimate of drug-likeness (QED) is 0.0374. The molecule has 1 saturated heterocycles. The van der Waals surface area contributed by atoms with Gasteiger partial charge in [-0.25, -0.2) is 4.79 Å². The highest BCUT2D eigenvalue weighted by Gasteiger charge is 2.41. The largest absolute Gasteiger partial charge is 0.445 e. The van der Waals surface area contributed by atoms with Crippen molar-refractivity contribution in [1.29, 1.82) is 0 Å². The summed E-state index contributed by atoms with van der Waals surface area (Å²) in [6.45, 7) is 18.5. The number of hydrogen-bond acceptors (Lipinski definition) is 13. The molecule has 470 valence electrons. The number of carbonyl (C=O) groups is 10. The number of aliphatic hydroxyl groups excluding tert-OH is 1. The SMILES string of the molecule is CC[C@H](C)[C@@H]([C@@H](CC(=O)N1CCC[C@H]1C[C@@H](C)C(=O)N[C@H](C)[C@@H](O)c1ccccc1)OC)N(C)C(=O)C(NC(=O)C(C(C)C)N(C)C(=O)OCc1ccc(NC(=O)CNC(=O)C(NC(=O)CCCCCN2C(=O)C=CC2=O)C(C)C)cc1)C(C)C. The molecule has 22 nitrogen and oxygen atoms in total. The van der Waals surface area contributed by atoms with Gasteiger partial charge in [0.1, 0.15) is 24.7 Å². The Morgan fingerprint density at radius 2 is 1.36 bits per heavy atom. The summed E-state index contributed by atoms with van der Waals surface area (Å²) < 4.78 is 11.7. The number of methoxy groups -OCH3 is 1. The smallest absolute Gasteiger partial charge is 0.410 e. The van der Waals surface area contributed by atoms with E-state index in [0.717, 1.165) is 17.7 Å². The van der Waals surface area contributed by atoms with Crippen molar-refractivity contribution in [3.8, 4) is 0 Å². The number of hydrogen-bond donors (Lipinski definition) is 6. The number of nitrogens with one attached hydrogen (secondary N) is 5. The maximum atomic E-state index is 14.7. The number of unbranched alkanes of at least 4 members (excludes halogenated alkanes) is 2. The summed E-state index contributed by atoms with van der Waals surface area (Å²) in [6.07, 6.45) is 4.42. The van der Waals surface area contributed by atoms with E-state index in [2.05, 4.69) is 26.6 Å². The molecule has 3 unspecified atom stereocenters. The van der Waals surface area contributed by atoms with E-state index in [1.807, 2.05) is 69.9 Å². The molecule has 6 N–H and O–H groups in total. The Kier molecular flexibility index (Phi) is 28.2. The molecular formula is C63H95N9O13. The molecule has 10 amide bonds. The predicted octanol–water partition coefficient (Wildman–Crippen LogP) is 5.64. The Morgan fingerprint density at radius 1 is 0.729 bits per heavy atom. The van der Waals surface area contributed by atoms with Gasteiger partial charge in [0.25, 0.3) is 11.8 Å². The second kappa shape index (κ2) is 34.1. The Balaban J connectivity index is 1.28. The fourth-order valence-electron chi connectivity index (χ4n) is 10.9. The van der Waals surface area contributed by atoms with Crippen LogP contribution in [0.5, 0.6) is 0 Å². The third kappa shape index (κ3) is 20.8. The first-order valence-electron chi connectivity index (χ1n) is 30.0. The lowest BCUT2D eigenvalue weighted by molar-refractivity contribution is -0.146. The molecule has 0 saturated carbocycles. The van der Waals surface area contributed by atoms with Gasteiger partial charge < -0.3 is 51.0 Å². The molecule has 2 aromatic carbocycles. The summed E-state index contributed by atoms with van der Waals surface area (Å²) in [5, 5.41) is 24.8. The van der Waals surface area contributed by atoms with Gasteiger partial charge in [-0.15, -0.1) is 0 Å².